The minimum atomic E-state index is -0.992. The van der Waals surface area contributed by atoms with Crippen LogP contribution in [0.3, 0.4) is 0 Å². The number of aliphatic carboxylic acids is 1. The second-order valence-electron chi connectivity index (χ2n) is 6.58. The Kier molecular flexibility index (Phi) is 5.30. The Hall–Kier alpha value is -1.62. The van der Waals surface area contributed by atoms with Gasteiger partial charge in [-0.15, -0.1) is 0 Å². The van der Waals surface area contributed by atoms with Gasteiger partial charge in [-0.2, -0.15) is 0 Å². The van der Waals surface area contributed by atoms with E-state index in [0.29, 0.717) is 36.5 Å². The Morgan fingerprint density at radius 2 is 1.96 bits per heavy atom. The SMILES string of the molecule is CC(C)(C(=O)N1CCC(CC(=O)O)CC1)c1ccc(Cl)cc1F. The first-order valence-electron chi connectivity index (χ1n) is 7.68. The quantitative estimate of drug-likeness (QED) is 0.912. The lowest BCUT2D eigenvalue weighted by Crippen LogP contribution is -2.47. The number of carboxylic acids is 1. The molecular weight excluding hydrogens is 321 g/mol. The van der Waals surface area contributed by atoms with E-state index < -0.39 is 17.2 Å². The zero-order chi connectivity index (χ0) is 17.2. The van der Waals surface area contributed by atoms with Crippen molar-refractivity contribution in [1.82, 2.24) is 4.90 Å². The molecule has 0 spiro atoms. The molecule has 1 amide bonds. The van der Waals surface area contributed by atoms with Crippen LogP contribution in [0.2, 0.25) is 5.02 Å². The van der Waals surface area contributed by atoms with E-state index in [1.54, 1.807) is 30.9 Å². The van der Waals surface area contributed by atoms with Gasteiger partial charge in [0.1, 0.15) is 5.82 Å². The lowest BCUT2D eigenvalue weighted by atomic mass is 9.81. The van der Waals surface area contributed by atoms with Gasteiger partial charge in [0, 0.05) is 30.1 Å². The predicted octanol–water partition coefficient (Wildman–Crippen LogP) is 3.47. The minimum Gasteiger partial charge on any atom is -0.481 e. The fraction of sp³-hybridized carbons (Fsp3) is 0.529. The van der Waals surface area contributed by atoms with E-state index in [0.717, 1.165) is 0 Å². The Morgan fingerprint density at radius 3 is 2.48 bits per heavy atom. The molecule has 0 saturated carbocycles. The number of likely N-dealkylation sites (tertiary alicyclic amines) is 1. The van der Waals surface area contributed by atoms with E-state index >= 15 is 0 Å². The topological polar surface area (TPSA) is 57.6 Å². The van der Waals surface area contributed by atoms with Crippen molar-refractivity contribution in [2.45, 2.75) is 38.5 Å². The van der Waals surface area contributed by atoms with Gasteiger partial charge in [-0.25, -0.2) is 4.39 Å². The average Bonchev–Trinajstić information content (AvgIpc) is 2.46. The summed E-state index contributed by atoms with van der Waals surface area (Å²) < 4.78 is 14.2. The molecule has 0 bridgehead atoms. The van der Waals surface area contributed by atoms with Gasteiger partial charge in [0.05, 0.1) is 5.41 Å². The second kappa shape index (κ2) is 6.87. The van der Waals surface area contributed by atoms with Crippen molar-refractivity contribution < 1.29 is 19.1 Å². The largest absolute Gasteiger partial charge is 0.481 e. The van der Waals surface area contributed by atoms with E-state index in [9.17, 15) is 14.0 Å². The number of carbonyl (C=O) groups excluding carboxylic acids is 1. The van der Waals surface area contributed by atoms with Gasteiger partial charge in [-0.1, -0.05) is 17.7 Å². The molecule has 1 heterocycles. The van der Waals surface area contributed by atoms with Crippen LogP contribution in [0.25, 0.3) is 0 Å². The molecule has 23 heavy (non-hydrogen) atoms. The number of rotatable bonds is 4. The maximum Gasteiger partial charge on any atom is 0.303 e. The molecule has 126 valence electrons. The molecule has 0 radical (unpaired) electrons. The molecule has 1 saturated heterocycles. The van der Waals surface area contributed by atoms with Gasteiger partial charge in [0.2, 0.25) is 5.91 Å². The minimum absolute atomic E-state index is 0.104. The molecule has 0 unspecified atom stereocenters. The molecule has 6 heteroatoms. The number of carboxylic acid groups (broad SMARTS) is 1. The third-order valence-corrected chi connectivity index (χ3v) is 4.74. The normalized spacial score (nSPS) is 16.4. The molecule has 1 aliphatic rings. The molecule has 1 aliphatic heterocycles. The smallest absolute Gasteiger partial charge is 0.303 e. The Balaban J connectivity index is 2.09. The summed E-state index contributed by atoms with van der Waals surface area (Å²) >= 11 is 5.77. The van der Waals surface area contributed by atoms with Crippen LogP contribution in [0.4, 0.5) is 4.39 Å². The van der Waals surface area contributed by atoms with E-state index in [2.05, 4.69) is 0 Å². The van der Waals surface area contributed by atoms with Crippen molar-refractivity contribution in [2.75, 3.05) is 13.1 Å². The number of benzene rings is 1. The molecule has 0 aliphatic carbocycles. The van der Waals surface area contributed by atoms with Gasteiger partial charge in [0.25, 0.3) is 0 Å². The second-order valence-corrected chi connectivity index (χ2v) is 7.02. The standard InChI is InChI=1S/C17H21ClFNO3/c1-17(2,13-4-3-12(18)10-14(13)19)16(23)20-7-5-11(6-8-20)9-15(21)22/h3-4,10-11H,5-9H2,1-2H3,(H,21,22). The summed E-state index contributed by atoms with van der Waals surface area (Å²) in [6, 6.07) is 4.34. The molecule has 1 N–H and O–H groups in total. The Morgan fingerprint density at radius 1 is 1.35 bits per heavy atom. The highest BCUT2D eigenvalue weighted by atomic mass is 35.5. The van der Waals surface area contributed by atoms with Crippen LogP contribution in [-0.4, -0.2) is 35.0 Å². The highest BCUT2D eigenvalue weighted by Gasteiger charge is 2.37. The van der Waals surface area contributed by atoms with Crippen molar-refractivity contribution in [3.05, 3.63) is 34.6 Å². The summed E-state index contributed by atoms with van der Waals surface area (Å²) in [6.07, 6.45) is 1.46. The van der Waals surface area contributed by atoms with Crippen LogP contribution in [-0.2, 0) is 15.0 Å². The fourth-order valence-electron chi connectivity index (χ4n) is 3.09. The van der Waals surface area contributed by atoms with Gasteiger partial charge < -0.3 is 10.0 Å². The van der Waals surface area contributed by atoms with Crippen LogP contribution < -0.4 is 0 Å². The first-order chi connectivity index (χ1) is 10.7. The average molecular weight is 342 g/mol. The van der Waals surface area contributed by atoms with Crippen LogP contribution >= 0.6 is 11.6 Å². The molecule has 1 aromatic carbocycles. The number of piperidine rings is 1. The summed E-state index contributed by atoms with van der Waals surface area (Å²) in [7, 11) is 0. The maximum atomic E-state index is 14.2. The van der Waals surface area contributed by atoms with Crippen molar-refractivity contribution in [1.29, 1.82) is 0 Å². The highest BCUT2D eigenvalue weighted by Crippen LogP contribution is 2.31. The molecule has 1 fully saturated rings. The lowest BCUT2D eigenvalue weighted by Gasteiger charge is -2.37. The van der Waals surface area contributed by atoms with Crippen molar-refractivity contribution in [3.8, 4) is 0 Å². The van der Waals surface area contributed by atoms with Gasteiger partial charge in [0.15, 0.2) is 0 Å². The first-order valence-corrected chi connectivity index (χ1v) is 8.06. The van der Waals surface area contributed by atoms with Crippen molar-refractivity contribution in [2.24, 2.45) is 5.92 Å². The zero-order valence-corrected chi connectivity index (χ0v) is 14.1. The van der Waals surface area contributed by atoms with Crippen LogP contribution in [0, 0.1) is 11.7 Å². The van der Waals surface area contributed by atoms with Crippen LogP contribution in [0.5, 0.6) is 0 Å². The van der Waals surface area contributed by atoms with E-state index in [1.807, 2.05) is 0 Å². The van der Waals surface area contributed by atoms with Gasteiger partial charge in [-0.3, -0.25) is 9.59 Å². The van der Waals surface area contributed by atoms with E-state index in [-0.39, 0.29) is 18.2 Å². The van der Waals surface area contributed by atoms with E-state index in [4.69, 9.17) is 16.7 Å². The Labute approximate surface area is 140 Å². The summed E-state index contributed by atoms with van der Waals surface area (Å²) in [5, 5.41) is 9.13. The number of hydrogen-bond acceptors (Lipinski definition) is 2. The fourth-order valence-corrected chi connectivity index (χ4v) is 3.25. The molecule has 4 nitrogen and oxygen atoms in total. The molecule has 0 atom stereocenters. The lowest BCUT2D eigenvalue weighted by molar-refractivity contribution is -0.139. The molecule has 1 aromatic rings. The van der Waals surface area contributed by atoms with Crippen molar-refractivity contribution in [3.63, 3.8) is 0 Å². The summed E-state index contributed by atoms with van der Waals surface area (Å²) in [5.74, 6) is -1.34. The van der Waals surface area contributed by atoms with Crippen LogP contribution in [0.15, 0.2) is 18.2 Å². The number of nitrogens with zero attached hydrogens (tertiary/aromatic N) is 1. The van der Waals surface area contributed by atoms with Crippen LogP contribution in [0.1, 0.15) is 38.7 Å². The number of hydrogen-bond donors (Lipinski definition) is 1. The zero-order valence-electron chi connectivity index (χ0n) is 13.3. The number of amides is 1. The first kappa shape index (κ1) is 17.7. The Bertz CT molecular complexity index is 610. The maximum absolute atomic E-state index is 14.2. The third kappa shape index (κ3) is 4.02. The molecule has 2 rings (SSSR count). The number of halogens is 2. The third-order valence-electron chi connectivity index (χ3n) is 4.50. The van der Waals surface area contributed by atoms with Gasteiger partial charge in [-0.05, 0) is 44.7 Å². The summed E-state index contributed by atoms with van der Waals surface area (Å²) in [6.45, 7) is 4.42. The predicted molar refractivity (Wildman–Crippen MR) is 86.0 cm³/mol. The molecular formula is C17H21ClFNO3. The van der Waals surface area contributed by atoms with Gasteiger partial charge >= 0.3 is 5.97 Å². The summed E-state index contributed by atoms with van der Waals surface area (Å²) in [5.41, 5.74) is -0.673. The van der Waals surface area contributed by atoms with Crippen molar-refractivity contribution >= 4 is 23.5 Å². The molecule has 0 aromatic heterocycles. The monoisotopic (exact) mass is 341 g/mol. The summed E-state index contributed by atoms with van der Waals surface area (Å²) in [4.78, 5) is 25.3. The number of carbonyl (C=O) groups is 2. The van der Waals surface area contributed by atoms with E-state index in [1.165, 1.54) is 6.07 Å². The highest BCUT2D eigenvalue weighted by molar-refractivity contribution is 6.30.